The maximum absolute atomic E-state index is 12.2. The number of carbonyl (C=O) groups is 1. The van der Waals surface area contributed by atoms with Crippen molar-refractivity contribution in [3.05, 3.63) is 47.1 Å². The van der Waals surface area contributed by atoms with Gasteiger partial charge in [0, 0.05) is 11.9 Å². The summed E-state index contributed by atoms with van der Waals surface area (Å²) in [7, 11) is 0. The summed E-state index contributed by atoms with van der Waals surface area (Å²) in [6.45, 7) is 3.62. The summed E-state index contributed by atoms with van der Waals surface area (Å²) in [4.78, 5) is 18.0. The van der Waals surface area contributed by atoms with Crippen LogP contribution in [0.3, 0.4) is 0 Å². The second kappa shape index (κ2) is 7.53. The average molecular weight is 392 g/mol. The molecular weight excluding hydrogens is 374 g/mol. The molecule has 2 aromatic rings. The number of hydrogen-bond acceptors (Lipinski definition) is 4. The van der Waals surface area contributed by atoms with Crippen LogP contribution in [0.4, 0.5) is 10.5 Å². The van der Waals surface area contributed by atoms with Gasteiger partial charge in [-0.1, -0.05) is 0 Å². The molecule has 0 radical (unpaired) electrons. The topological polar surface area (TPSA) is 63.7 Å². The molecule has 0 atom stereocenters. The Labute approximate surface area is 148 Å². The first kappa shape index (κ1) is 16.6. The highest BCUT2D eigenvalue weighted by Crippen LogP contribution is 2.25. The predicted molar refractivity (Wildman–Crippen MR) is 94.6 cm³/mol. The number of halogens is 1. The molecule has 1 saturated heterocycles. The summed E-state index contributed by atoms with van der Waals surface area (Å²) in [5, 5.41) is 2.86. The highest BCUT2D eigenvalue weighted by Gasteiger charge is 2.33. The van der Waals surface area contributed by atoms with E-state index < -0.39 is 0 Å². The van der Waals surface area contributed by atoms with Gasteiger partial charge < -0.3 is 19.7 Å². The lowest BCUT2D eigenvalue weighted by Gasteiger charge is -2.38. The number of urea groups is 1. The molecule has 7 heteroatoms. The third-order valence-corrected chi connectivity index (χ3v) is 4.16. The molecule has 0 bridgehead atoms. The maximum atomic E-state index is 12.2. The molecule has 2 amide bonds. The summed E-state index contributed by atoms with van der Waals surface area (Å²) >= 11 is 3.39. The molecule has 0 aliphatic carbocycles. The molecule has 1 fully saturated rings. The number of benzene rings is 1. The predicted octanol–water partition coefficient (Wildman–Crippen LogP) is 3.54. The number of nitrogens with one attached hydrogen (secondary N) is 1. The highest BCUT2D eigenvalue weighted by atomic mass is 79.9. The van der Waals surface area contributed by atoms with Crippen LogP contribution in [0.25, 0.3) is 0 Å². The molecule has 1 aliphatic heterocycles. The number of carbonyl (C=O) groups excluding carboxylic acids is 1. The van der Waals surface area contributed by atoms with Gasteiger partial charge in [-0.3, -0.25) is 0 Å². The first-order valence-electron chi connectivity index (χ1n) is 7.71. The van der Waals surface area contributed by atoms with Gasteiger partial charge in [0.05, 0.1) is 24.2 Å². The molecule has 6 nitrogen and oxygen atoms in total. The van der Waals surface area contributed by atoms with Crippen molar-refractivity contribution < 1.29 is 14.3 Å². The number of hydrogen-bond donors (Lipinski definition) is 1. The zero-order chi connectivity index (χ0) is 16.9. The van der Waals surface area contributed by atoms with Crippen LogP contribution in [0.2, 0.25) is 0 Å². The first-order valence-corrected chi connectivity index (χ1v) is 8.51. The molecule has 126 valence electrons. The van der Waals surface area contributed by atoms with Gasteiger partial charge in [-0.2, -0.15) is 0 Å². The lowest BCUT2D eigenvalue weighted by molar-refractivity contribution is 0.0455. The van der Waals surface area contributed by atoms with Crippen LogP contribution in [0.1, 0.15) is 6.92 Å². The average Bonchev–Trinajstić information content (AvgIpc) is 2.54. The minimum atomic E-state index is -0.140. The summed E-state index contributed by atoms with van der Waals surface area (Å²) in [5.41, 5.74) is 0.736. The van der Waals surface area contributed by atoms with E-state index >= 15 is 0 Å². The Kier molecular flexibility index (Phi) is 5.20. The van der Waals surface area contributed by atoms with Crippen molar-refractivity contribution in [2.45, 2.75) is 13.0 Å². The quantitative estimate of drug-likeness (QED) is 0.846. The number of ether oxygens (including phenoxy) is 2. The van der Waals surface area contributed by atoms with Crippen LogP contribution in [0, 0.1) is 0 Å². The summed E-state index contributed by atoms with van der Waals surface area (Å²) in [5.74, 6) is 1.34. The van der Waals surface area contributed by atoms with Crippen LogP contribution >= 0.6 is 15.9 Å². The summed E-state index contributed by atoms with van der Waals surface area (Å²) < 4.78 is 11.9. The van der Waals surface area contributed by atoms with Gasteiger partial charge in [0.1, 0.15) is 11.9 Å². The Balaban J connectivity index is 1.47. The zero-order valence-corrected chi connectivity index (χ0v) is 14.8. The molecule has 0 spiro atoms. The van der Waals surface area contributed by atoms with Crippen molar-refractivity contribution in [1.82, 2.24) is 9.88 Å². The number of anilines is 1. The van der Waals surface area contributed by atoms with Gasteiger partial charge in [0.2, 0.25) is 5.88 Å². The first-order chi connectivity index (χ1) is 11.7. The second-order valence-electron chi connectivity index (χ2n) is 5.32. The van der Waals surface area contributed by atoms with Crippen molar-refractivity contribution in [1.29, 1.82) is 0 Å². The van der Waals surface area contributed by atoms with Gasteiger partial charge in [0.15, 0.2) is 0 Å². The summed E-state index contributed by atoms with van der Waals surface area (Å²) in [6.07, 6.45) is 1.64. The van der Waals surface area contributed by atoms with Gasteiger partial charge >= 0.3 is 6.03 Å². The third kappa shape index (κ3) is 3.97. The van der Waals surface area contributed by atoms with Crippen LogP contribution in [0.15, 0.2) is 47.1 Å². The molecule has 3 rings (SSSR count). The molecule has 1 N–H and O–H groups in total. The minimum absolute atomic E-state index is 0.0396. The fourth-order valence-corrected chi connectivity index (χ4v) is 2.65. The normalized spacial score (nSPS) is 14.0. The van der Waals surface area contributed by atoms with Crippen molar-refractivity contribution >= 4 is 27.6 Å². The maximum Gasteiger partial charge on any atom is 0.322 e. The van der Waals surface area contributed by atoms with Crippen LogP contribution < -0.4 is 14.8 Å². The van der Waals surface area contributed by atoms with Gasteiger partial charge in [-0.05, 0) is 59.3 Å². The fraction of sp³-hybridized carbons (Fsp3) is 0.294. The lowest BCUT2D eigenvalue weighted by Crippen LogP contribution is -2.57. The molecule has 1 aromatic heterocycles. The Bertz CT molecular complexity index is 702. The van der Waals surface area contributed by atoms with Crippen molar-refractivity contribution in [3.8, 4) is 11.6 Å². The zero-order valence-electron chi connectivity index (χ0n) is 13.2. The van der Waals surface area contributed by atoms with E-state index in [-0.39, 0.29) is 12.1 Å². The number of likely N-dealkylation sites (tertiary alicyclic amines) is 1. The van der Waals surface area contributed by atoms with E-state index in [0.29, 0.717) is 25.6 Å². The second-order valence-corrected chi connectivity index (χ2v) is 6.18. The van der Waals surface area contributed by atoms with E-state index in [0.717, 1.165) is 15.9 Å². The number of pyridine rings is 1. The van der Waals surface area contributed by atoms with Crippen molar-refractivity contribution in [3.63, 3.8) is 0 Å². The van der Waals surface area contributed by atoms with E-state index in [1.165, 1.54) is 0 Å². The van der Waals surface area contributed by atoms with Crippen molar-refractivity contribution in [2.75, 3.05) is 25.0 Å². The smallest absolute Gasteiger partial charge is 0.322 e. The lowest BCUT2D eigenvalue weighted by atomic mass is 10.2. The summed E-state index contributed by atoms with van der Waals surface area (Å²) in [6, 6.07) is 10.9. The van der Waals surface area contributed by atoms with Crippen molar-refractivity contribution in [2.24, 2.45) is 0 Å². The molecule has 0 saturated carbocycles. The molecule has 2 heterocycles. The van der Waals surface area contributed by atoms with E-state index in [4.69, 9.17) is 9.47 Å². The molecule has 1 aliphatic rings. The molecule has 1 aromatic carbocycles. The van der Waals surface area contributed by atoms with E-state index in [1.54, 1.807) is 11.1 Å². The number of aromatic nitrogens is 1. The Morgan fingerprint density at radius 1 is 1.33 bits per heavy atom. The van der Waals surface area contributed by atoms with Gasteiger partial charge in [0.25, 0.3) is 0 Å². The van der Waals surface area contributed by atoms with Crippen LogP contribution in [-0.2, 0) is 0 Å². The fourth-order valence-electron chi connectivity index (χ4n) is 2.30. The molecule has 24 heavy (non-hydrogen) atoms. The van der Waals surface area contributed by atoms with E-state index in [2.05, 4.69) is 26.2 Å². The molecular formula is C17H18BrN3O3. The SMILES string of the molecule is CCOc1ccc(NC(=O)N2CC(Oc3ncccc3Br)C2)cc1. The Morgan fingerprint density at radius 2 is 2.08 bits per heavy atom. The van der Waals surface area contributed by atoms with E-state index in [1.807, 2.05) is 43.3 Å². The number of amides is 2. The molecule has 0 unspecified atom stereocenters. The van der Waals surface area contributed by atoms with Crippen LogP contribution in [-0.4, -0.2) is 41.7 Å². The largest absolute Gasteiger partial charge is 0.494 e. The van der Waals surface area contributed by atoms with Crippen LogP contribution in [0.5, 0.6) is 11.6 Å². The van der Waals surface area contributed by atoms with E-state index in [9.17, 15) is 4.79 Å². The number of rotatable bonds is 5. The highest BCUT2D eigenvalue weighted by molar-refractivity contribution is 9.10. The Hall–Kier alpha value is -2.28. The third-order valence-electron chi connectivity index (χ3n) is 3.55. The Morgan fingerprint density at radius 3 is 2.75 bits per heavy atom. The monoisotopic (exact) mass is 391 g/mol. The van der Waals surface area contributed by atoms with Gasteiger partial charge in [-0.15, -0.1) is 0 Å². The number of nitrogens with zero attached hydrogens (tertiary/aromatic N) is 2. The standard InChI is InChI=1S/C17H18BrN3O3/c1-2-23-13-7-5-12(6-8-13)20-17(22)21-10-14(11-21)24-16-15(18)4-3-9-19-16/h3-9,14H,2,10-11H2,1H3,(H,20,22). The minimum Gasteiger partial charge on any atom is -0.494 e. The van der Waals surface area contributed by atoms with Gasteiger partial charge in [-0.25, -0.2) is 9.78 Å².